The summed E-state index contributed by atoms with van der Waals surface area (Å²) in [5.74, 6) is 0.817. The van der Waals surface area contributed by atoms with Crippen LogP contribution >= 0.6 is 0 Å². The minimum atomic E-state index is -0.661. The minimum Gasteiger partial charge on any atom is -0.490 e. The first-order valence-corrected chi connectivity index (χ1v) is 9.14. The van der Waals surface area contributed by atoms with E-state index in [4.69, 9.17) is 4.74 Å². The molecule has 3 N–H and O–H groups in total. The van der Waals surface area contributed by atoms with Crippen LogP contribution in [-0.2, 0) is 6.54 Å². The third-order valence-electron chi connectivity index (χ3n) is 4.60. The molecule has 5 nitrogen and oxygen atoms in total. The van der Waals surface area contributed by atoms with E-state index < -0.39 is 6.10 Å². The zero-order valence-corrected chi connectivity index (χ0v) is 16.0. The average Bonchev–Trinajstić information content (AvgIpc) is 2.62. The van der Waals surface area contributed by atoms with Gasteiger partial charge in [0.05, 0.1) is 0 Å². The van der Waals surface area contributed by atoms with Gasteiger partial charge in [0.1, 0.15) is 18.5 Å². The Hall–Kier alpha value is -2.63. The molecule has 0 spiro atoms. The number of rotatable bonds is 7. The zero-order valence-electron chi connectivity index (χ0n) is 16.0. The Morgan fingerprint density at radius 3 is 2.59 bits per heavy atom. The van der Waals surface area contributed by atoms with Crippen LogP contribution in [0.3, 0.4) is 0 Å². The summed E-state index contributed by atoms with van der Waals surface area (Å²) in [6, 6.07) is 13.8. The molecule has 1 heterocycles. The first-order chi connectivity index (χ1) is 12.9. The van der Waals surface area contributed by atoms with Crippen molar-refractivity contribution in [3.63, 3.8) is 0 Å². The maximum atomic E-state index is 12.2. The van der Waals surface area contributed by atoms with E-state index in [1.54, 1.807) is 0 Å². The molecule has 1 unspecified atom stereocenters. The highest BCUT2D eigenvalue weighted by atomic mass is 16.5. The number of aliphatic hydroxyl groups is 1. The summed E-state index contributed by atoms with van der Waals surface area (Å²) >= 11 is 0. The molecule has 0 aliphatic rings. The van der Waals surface area contributed by atoms with Crippen LogP contribution in [0.2, 0.25) is 0 Å². The number of ether oxygens (including phenoxy) is 1. The van der Waals surface area contributed by atoms with E-state index >= 15 is 0 Å². The summed E-state index contributed by atoms with van der Waals surface area (Å²) in [7, 11) is 0. The Kier molecular flexibility index (Phi) is 5.94. The quantitative estimate of drug-likeness (QED) is 0.601. The van der Waals surface area contributed by atoms with E-state index in [-0.39, 0.29) is 12.2 Å². The smallest absolute Gasteiger partial charge is 0.252 e. The number of aryl methyl sites for hydroxylation is 3. The maximum Gasteiger partial charge on any atom is 0.252 e. The maximum absolute atomic E-state index is 12.2. The molecule has 0 fully saturated rings. The van der Waals surface area contributed by atoms with Gasteiger partial charge in [-0.1, -0.05) is 30.3 Å². The molecule has 0 aliphatic carbocycles. The minimum absolute atomic E-state index is 0.109. The third kappa shape index (κ3) is 4.76. The molecular weight excluding hydrogens is 340 g/mol. The number of H-pyrrole nitrogens is 1. The Morgan fingerprint density at radius 1 is 1.11 bits per heavy atom. The van der Waals surface area contributed by atoms with Crippen molar-refractivity contribution in [2.24, 2.45) is 0 Å². The van der Waals surface area contributed by atoms with Gasteiger partial charge in [0.2, 0.25) is 0 Å². The van der Waals surface area contributed by atoms with E-state index in [0.29, 0.717) is 18.7 Å². The molecule has 27 heavy (non-hydrogen) atoms. The van der Waals surface area contributed by atoms with Crippen molar-refractivity contribution in [3.05, 3.63) is 75.1 Å². The number of nitrogens with one attached hydrogen (secondary N) is 2. The molecule has 0 saturated carbocycles. The fourth-order valence-corrected chi connectivity index (χ4v) is 3.13. The summed E-state index contributed by atoms with van der Waals surface area (Å²) in [6.45, 7) is 6.90. The zero-order chi connectivity index (χ0) is 19.4. The van der Waals surface area contributed by atoms with Crippen LogP contribution in [0.25, 0.3) is 10.9 Å². The summed E-state index contributed by atoms with van der Waals surface area (Å²) in [6.07, 6.45) is -0.661. The van der Waals surface area contributed by atoms with Crippen molar-refractivity contribution < 1.29 is 9.84 Å². The second-order valence-corrected chi connectivity index (χ2v) is 7.03. The van der Waals surface area contributed by atoms with E-state index in [2.05, 4.69) is 10.3 Å². The van der Waals surface area contributed by atoms with Gasteiger partial charge in [-0.3, -0.25) is 4.79 Å². The molecule has 3 aromatic rings. The van der Waals surface area contributed by atoms with E-state index in [0.717, 1.165) is 33.3 Å². The summed E-state index contributed by atoms with van der Waals surface area (Å²) in [4.78, 5) is 15.1. The number of para-hydroxylation sites is 1. The Bertz CT molecular complexity index is 974. The highest BCUT2D eigenvalue weighted by molar-refractivity contribution is 5.79. The third-order valence-corrected chi connectivity index (χ3v) is 4.60. The van der Waals surface area contributed by atoms with Gasteiger partial charge in [0, 0.05) is 24.2 Å². The first kappa shape index (κ1) is 19.1. The molecule has 3 rings (SSSR count). The molecule has 5 heteroatoms. The number of aromatic nitrogens is 1. The van der Waals surface area contributed by atoms with Crippen LogP contribution in [0.5, 0.6) is 5.75 Å². The lowest BCUT2D eigenvalue weighted by Crippen LogP contribution is -2.32. The summed E-state index contributed by atoms with van der Waals surface area (Å²) in [5.41, 5.74) is 4.58. The van der Waals surface area contributed by atoms with Gasteiger partial charge in [-0.15, -0.1) is 0 Å². The van der Waals surface area contributed by atoms with Gasteiger partial charge in [-0.25, -0.2) is 0 Å². The highest BCUT2D eigenvalue weighted by Crippen LogP contribution is 2.22. The lowest BCUT2D eigenvalue weighted by molar-refractivity contribution is 0.105. The fourth-order valence-electron chi connectivity index (χ4n) is 3.13. The predicted octanol–water partition coefficient (Wildman–Crippen LogP) is 2.98. The Morgan fingerprint density at radius 2 is 1.85 bits per heavy atom. The van der Waals surface area contributed by atoms with Crippen molar-refractivity contribution in [1.29, 1.82) is 0 Å². The number of fused-ring (bicyclic) bond motifs is 1. The van der Waals surface area contributed by atoms with Crippen LogP contribution in [0.15, 0.2) is 47.3 Å². The molecular formula is C22H26N2O3. The van der Waals surface area contributed by atoms with Gasteiger partial charge >= 0.3 is 0 Å². The largest absolute Gasteiger partial charge is 0.490 e. The molecule has 142 valence electrons. The summed E-state index contributed by atoms with van der Waals surface area (Å²) < 4.78 is 5.77. The molecule has 1 aromatic heterocycles. The van der Waals surface area contributed by atoms with Crippen LogP contribution in [-0.4, -0.2) is 29.3 Å². The second kappa shape index (κ2) is 8.37. The fraction of sp³-hybridized carbons (Fsp3) is 0.318. The van der Waals surface area contributed by atoms with Gasteiger partial charge in [-0.2, -0.15) is 0 Å². The number of aromatic amines is 1. The van der Waals surface area contributed by atoms with E-state index in [9.17, 15) is 9.90 Å². The Labute approximate surface area is 159 Å². The van der Waals surface area contributed by atoms with Crippen LogP contribution in [0.4, 0.5) is 0 Å². The molecule has 2 aromatic carbocycles. The highest BCUT2D eigenvalue weighted by Gasteiger charge is 2.09. The van der Waals surface area contributed by atoms with Gasteiger partial charge < -0.3 is 20.1 Å². The van der Waals surface area contributed by atoms with Crippen molar-refractivity contribution in [2.75, 3.05) is 13.2 Å². The van der Waals surface area contributed by atoms with Gasteiger partial charge in [-0.05, 0) is 55.0 Å². The van der Waals surface area contributed by atoms with Crippen LogP contribution in [0.1, 0.15) is 22.3 Å². The topological polar surface area (TPSA) is 74.3 Å². The second-order valence-electron chi connectivity index (χ2n) is 7.03. The molecule has 0 bridgehead atoms. The van der Waals surface area contributed by atoms with Gasteiger partial charge in [0.15, 0.2) is 0 Å². The van der Waals surface area contributed by atoms with E-state index in [1.807, 2.05) is 63.2 Å². The SMILES string of the molecule is Cc1ccc2cc(CNCC(O)COc3c(C)cccc3C)c(=O)[nH]c2c1. The van der Waals surface area contributed by atoms with Crippen LogP contribution in [0, 0.1) is 20.8 Å². The standard InChI is InChI=1S/C22H26N2O3/c1-14-7-8-17-10-18(22(26)24-20(17)9-14)11-23-12-19(25)13-27-21-15(2)5-4-6-16(21)3/h4-10,19,23,25H,11-13H2,1-3H3,(H,24,26). The van der Waals surface area contributed by atoms with Gasteiger partial charge in [0.25, 0.3) is 5.56 Å². The molecule has 0 radical (unpaired) electrons. The van der Waals surface area contributed by atoms with Crippen molar-refractivity contribution >= 4 is 10.9 Å². The predicted molar refractivity (Wildman–Crippen MR) is 108 cm³/mol. The number of aliphatic hydroxyl groups excluding tert-OH is 1. The number of hydrogen-bond acceptors (Lipinski definition) is 4. The molecule has 0 aliphatic heterocycles. The summed E-state index contributed by atoms with van der Waals surface area (Å²) in [5, 5.41) is 14.3. The molecule has 0 saturated heterocycles. The first-order valence-electron chi connectivity index (χ1n) is 9.14. The monoisotopic (exact) mass is 366 g/mol. The molecule has 0 amide bonds. The van der Waals surface area contributed by atoms with Crippen molar-refractivity contribution in [1.82, 2.24) is 10.3 Å². The molecule has 1 atom stereocenters. The number of benzene rings is 2. The lowest BCUT2D eigenvalue weighted by Gasteiger charge is -2.16. The lowest BCUT2D eigenvalue weighted by atomic mass is 10.1. The average molecular weight is 366 g/mol. The van der Waals surface area contributed by atoms with Crippen molar-refractivity contribution in [2.45, 2.75) is 33.4 Å². The van der Waals surface area contributed by atoms with E-state index in [1.165, 1.54) is 0 Å². The van der Waals surface area contributed by atoms with Crippen molar-refractivity contribution in [3.8, 4) is 5.75 Å². The van der Waals surface area contributed by atoms with Crippen LogP contribution < -0.4 is 15.6 Å². The normalized spacial score (nSPS) is 12.3. The Balaban J connectivity index is 1.55. The number of hydrogen-bond donors (Lipinski definition) is 3. The number of pyridine rings is 1.